The van der Waals surface area contributed by atoms with Crippen LogP contribution < -0.4 is 10.6 Å². The van der Waals surface area contributed by atoms with Crippen molar-refractivity contribution in [3.8, 4) is 0 Å². The van der Waals surface area contributed by atoms with Crippen LogP contribution in [0.3, 0.4) is 0 Å². The minimum atomic E-state index is -0.799. The summed E-state index contributed by atoms with van der Waals surface area (Å²) in [5.74, 6) is 0.359. The molecule has 2 bridgehead atoms. The summed E-state index contributed by atoms with van der Waals surface area (Å²) in [6.45, 7) is 11.1. The summed E-state index contributed by atoms with van der Waals surface area (Å²) < 4.78 is 13.2. The molecule has 2 heterocycles. The molecule has 2 amide bonds. The molecule has 9 heteroatoms. The Labute approximate surface area is 225 Å². The van der Waals surface area contributed by atoms with Gasteiger partial charge in [-0.1, -0.05) is 58.0 Å². The van der Waals surface area contributed by atoms with Gasteiger partial charge in [-0.3, -0.25) is 14.6 Å². The molecule has 6 atom stereocenters. The predicted molar refractivity (Wildman–Crippen MR) is 145 cm³/mol. The van der Waals surface area contributed by atoms with Gasteiger partial charge >= 0.3 is 7.12 Å². The molecule has 2 N–H and O–H groups in total. The van der Waals surface area contributed by atoms with E-state index in [-0.39, 0.29) is 34.7 Å². The van der Waals surface area contributed by atoms with Gasteiger partial charge in [-0.05, 0) is 54.9 Å². The molecule has 202 valence electrons. The fourth-order valence-corrected chi connectivity index (χ4v) is 6.81. The average molecular weight is 518 g/mol. The first-order valence-electron chi connectivity index (χ1n) is 13.8. The van der Waals surface area contributed by atoms with E-state index in [1.165, 1.54) is 25.0 Å². The summed E-state index contributed by atoms with van der Waals surface area (Å²) in [7, 11) is -0.528. The quantitative estimate of drug-likeness (QED) is 0.492. The Hall–Kier alpha value is -2.78. The van der Waals surface area contributed by atoms with Gasteiger partial charge in [0.2, 0.25) is 5.91 Å². The summed E-state index contributed by atoms with van der Waals surface area (Å²) in [5, 5.41) is 6.08. The Morgan fingerprint density at radius 1 is 1.11 bits per heavy atom. The van der Waals surface area contributed by atoms with Crippen LogP contribution in [0, 0.1) is 23.2 Å². The smallest absolute Gasteiger partial charge is 0.404 e. The first-order valence-corrected chi connectivity index (χ1v) is 13.8. The van der Waals surface area contributed by atoms with Crippen molar-refractivity contribution >= 4 is 18.9 Å². The normalized spacial score (nSPS) is 28.7. The molecule has 8 nitrogen and oxygen atoms in total. The summed E-state index contributed by atoms with van der Waals surface area (Å²) in [4.78, 5) is 34.8. The molecule has 3 saturated carbocycles. The van der Waals surface area contributed by atoms with Gasteiger partial charge < -0.3 is 19.9 Å². The molecule has 2 unspecified atom stereocenters. The van der Waals surface area contributed by atoms with E-state index in [0.717, 1.165) is 12.0 Å². The van der Waals surface area contributed by atoms with Crippen LogP contribution in [-0.4, -0.2) is 52.6 Å². The highest BCUT2D eigenvalue weighted by Crippen LogP contribution is 2.65. The van der Waals surface area contributed by atoms with E-state index in [9.17, 15) is 9.59 Å². The minimum Gasteiger partial charge on any atom is -0.404 e. The monoisotopic (exact) mass is 518 g/mol. The second-order valence-electron chi connectivity index (χ2n) is 12.4. The number of nitrogens with zero attached hydrogens (tertiary/aromatic N) is 2. The van der Waals surface area contributed by atoms with E-state index >= 15 is 0 Å². The van der Waals surface area contributed by atoms with Gasteiger partial charge in [-0.25, -0.2) is 4.98 Å². The van der Waals surface area contributed by atoms with Gasteiger partial charge in [-0.15, -0.1) is 0 Å². The summed E-state index contributed by atoms with van der Waals surface area (Å²) in [6.07, 6.45) is 7.60. The molecule has 0 spiro atoms. The molecule has 6 rings (SSSR count). The molecule has 0 radical (unpaired) electrons. The van der Waals surface area contributed by atoms with Crippen LogP contribution in [0.15, 0.2) is 48.9 Å². The zero-order valence-corrected chi connectivity index (χ0v) is 23.0. The molecule has 1 aromatic heterocycles. The number of carbonyl (C=O) groups is 2. The van der Waals surface area contributed by atoms with Crippen LogP contribution in [0.5, 0.6) is 0 Å². The number of carbonyl (C=O) groups excluding carboxylic acids is 2. The molecule has 38 heavy (non-hydrogen) atoms. The lowest BCUT2D eigenvalue weighted by Gasteiger charge is -2.64. The first-order chi connectivity index (χ1) is 18.1. The number of hydrogen-bond donors (Lipinski definition) is 2. The molecular weight excluding hydrogens is 479 g/mol. The Bertz CT molecular complexity index is 1150. The number of amides is 2. The van der Waals surface area contributed by atoms with Crippen molar-refractivity contribution in [3.63, 3.8) is 0 Å². The predicted octanol–water partition coefficient (Wildman–Crippen LogP) is 3.62. The van der Waals surface area contributed by atoms with Crippen LogP contribution in [0.25, 0.3) is 0 Å². The number of aromatic nitrogens is 2. The van der Waals surface area contributed by atoms with Gasteiger partial charge in [0.15, 0.2) is 0 Å². The first kappa shape index (κ1) is 26.8. The summed E-state index contributed by atoms with van der Waals surface area (Å²) in [6, 6.07) is 8.87. The molecular formula is C29H39BN4O4. The zero-order chi connectivity index (χ0) is 27.1. The second kappa shape index (κ2) is 10.4. The third kappa shape index (κ3) is 5.10. The highest BCUT2D eigenvalue weighted by atomic mass is 16.7. The zero-order valence-electron chi connectivity index (χ0n) is 23.0. The van der Waals surface area contributed by atoms with E-state index in [4.69, 9.17) is 9.31 Å². The minimum absolute atomic E-state index is 0.0345. The molecule has 1 saturated heterocycles. The lowest BCUT2D eigenvalue weighted by Crippen LogP contribution is -2.65. The van der Waals surface area contributed by atoms with Crippen LogP contribution in [-0.2, 0) is 20.5 Å². The molecule has 1 aliphatic heterocycles. The Morgan fingerprint density at radius 3 is 2.53 bits per heavy atom. The fraction of sp³-hybridized carbons (Fsp3) is 0.586. The highest BCUT2D eigenvalue weighted by Gasteiger charge is 2.68. The fourth-order valence-electron chi connectivity index (χ4n) is 6.81. The largest absolute Gasteiger partial charge is 0.481 e. The van der Waals surface area contributed by atoms with Crippen molar-refractivity contribution in [1.29, 1.82) is 0 Å². The summed E-state index contributed by atoms with van der Waals surface area (Å²) in [5.41, 5.74) is 0.998. The van der Waals surface area contributed by atoms with Crippen molar-refractivity contribution < 1.29 is 18.9 Å². The van der Waals surface area contributed by atoms with Crippen molar-refractivity contribution in [3.05, 3.63) is 60.2 Å². The Kier molecular flexibility index (Phi) is 7.35. The molecule has 3 aliphatic carbocycles. The standard InChI is InChI=1S/C29H39BN4O4/c1-18(2)13-25(30-37-24-16-20-15-23(28(20,3)4)29(24,5)38-30)34-26(35)21(14-19-9-7-6-8-10-19)33-27(36)22-17-31-11-12-32-22/h6-12,17-18,20-21,23-25H,13-16H2,1-5H3,(H,33,36)(H,34,35)/t20-,21-,23-,24?,25?,29-/m0/s1. The van der Waals surface area contributed by atoms with E-state index in [0.29, 0.717) is 30.6 Å². The molecule has 1 aromatic carbocycles. The van der Waals surface area contributed by atoms with E-state index < -0.39 is 19.1 Å². The Balaban J connectivity index is 1.34. The highest BCUT2D eigenvalue weighted by molar-refractivity contribution is 6.48. The van der Waals surface area contributed by atoms with Crippen LogP contribution in [0.2, 0.25) is 0 Å². The van der Waals surface area contributed by atoms with Gasteiger partial charge in [0.1, 0.15) is 11.7 Å². The van der Waals surface area contributed by atoms with E-state index in [2.05, 4.69) is 55.2 Å². The van der Waals surface area contributed by atoms with Crippen LogP contribution in [0.4, 0.5) is 0 Å². The topological polar surface area (TPSA) is 102 Å². The van der Waals surface area contributed by atoms with Gasteiger partial charge in [0, 0.05) is 18.8 Å². The molecule has 4 aliphatic rings. The third-order valence-electron chi connectivity index (χ3n) is 9.05. The number of nitrogens with one attached hydrogen (secondary N) is 2. The number of hydrogen-bond acceptors (Lipinski definition) is 6. The lowest BCUT2D eigenvalue weighted by molar-refractivity contribution is -0.199. The van der Waals surface area contributed by atoms with Gasteiger partial charge in [0.05, 0.1) is 23.8 Å². The maximum atomic E-state index is 13.8. The second-order valence-corrected chi connectivity index (χ2v) is 12.4. The molecule has 4 fully saturated rings. The van der Waals surface area contributed by atoms with Crippen LogP contribution >= 0.6 is 0 Å². The SMILES string of the molecule is CC(C)CC(NC(=O)[C@H](Cc1ccccc1)NC(=O)c1cnccn1)B1OC2C[C@@H]3C[C@@H](C3(C)C)[C@]2(C)O1. The van der Waals surface area contributed by atoms with Crippen LogP contribution in [0.1, 0.15) is 69.9 Å². The number of rotatable bonds is 9. The van der Waals surface area contributed by atoms with Gasteiger partial charge in [0.25, 0.3) is 5.91 Å². The van der Waals surface area contributed by atoms with Crippen molar-refractivity contribution in [2.75, 3.05) is 0 Å². The maximum Gasteiger partial charge on any atom is 0.481 e. The lowest BCUT2D eigenvalue weighted by atomic mass is 9.43. The third-order valence-corrected chi connectivity index (χ3v) is 9.05. The van der Waals surface area contributed by atoms with Crippen molar-refractivity contribution in [2.45, 2.75) is 84.0 Å². The maximum absolute atomic E-state index is 13.8. The van der Waals surface area contributed by atoms with Gasteiger partial charge in [-0.2, -0.15) is 0 Å². The van der Waals surface area contributed by atoms with E-state index in [1.807, 2.05) is 30.3 Å². The Morgan fingerprint density at radius 2 is 1.87 bits per heavy atom. The number of benzene rings is 1. The van der Waals surface area contributed by atoms with E-state index in [1.54, 1.807) is 0 Å². The molecule has 2 aromatic rings. The summed E-state index contributed by atoms with van der Waals surface area (Å²) >= 11 is 0. The average Bonchev–Trinajstić information content (AvgIpc) is 3.26. The van der Waals surface area contributed by atoms with Crippen molar-refractivity contribution in [1.82, 2.24) is 20.6 Å². The van der Waals surface area contributed by atoms with Crippen molar-refractivity contribution in [2.24, 2.45) is 23.2 Å².